The highest BCUT2D eigenvalue weighted by molar-refractivity contribution is 6.92. The maximum atomic E-state index is 4.99. The second kappa shape index (κ2) is 16.7. The van der Waals surface area contributed by atoms with Crippen molar-refractivity contribution in [2.45, 2.75) is 105 Å². The normalized spacial score (nSPS) is 12.2. The third-order valence-electron chi connectivity index (χ3n) is 6.12. The van der Waals surface area contributed by atoms with Crippen LogP contribution in [0.4, 0.5) is 0 Å². The molecule has 3 nitrogen and oxygen atoms in total. The SMILES string of the molecule is CCCN([Si](CC)(CC)CC)[Si](CC)(CC)CC.CCO[SiH2]OCC. The Labute approximate surface area is 164 Å². The first-order valence-corrected chi connectivity index (χ1v) is 17.2. The predicted molar refractivity (Wildman–Crippen MR) is 123 cm³/mol. The summed E-state index contributed by atoms with van der Waals surface area (Å²) in [4.78, 5) is 0. The molecule has 0 unspecified atom stereocenters. The summed E-state index contributed by atoms with van der Waals surface area (Å²) in [6.07, 6.45) is 1.34. The Balaban J connectivity index is 0. The number of hydrogen-bond donors (Lipinski definition) is 0. The third-order valence-corrected chi connectivity index (χ3v) is 20.7. The van der Waals surface area contributed by atoms with Crippen molar-refractivity contribution in [3.8, 4) is 0 Å². The van der Waals surface area contributed by atoms with E-state index in [2.05, 4.69) is 52.7 Å². The van der Waals surface area contributed by atoms with E-state index >= 15 is 0 Å². The fourth-order valence-corrected chi connectivity index (χ4v) is 18.1. The van der Waals surface area contributed by atoms with E-state index in [-0.39, 0.29) is 0 Å². The molecule has 0 amide bonds. The van der Waals surface area contributed by atoms with Crippen molar-refractivity contribution in [2.24, 2.45) is 0 Å². The van der Waals surface area contributed by atoms with E-state index in [1.54, 1.807) is 0 Å². The zero-order valence-corrected chi connectivity index (χ0v) is 22.5. The van der Waals surface area contributed by atoms with Gasteiger partial charge in [0.1, 0.15) is 16.5 Å². The van der Waals surface area contributed by atoms with Crippen molar-refractivity contribution in [1.29, 1.82) is 0 Å². The Hall–Kier alpha value is 0.531. The average molecular weight is 408 g/mol. The molecular formula is C19H49NO2Si3. The second-order valence-electron chi connectivity index (χ2n) is 6.83. The third kappa shape index (κ3) is 8.84. The highest BCUT2D eigenvalue weighted by Crippen LogP contribution is 2.35. The molecule has 0 bridgehead atoms. The standard InChI is InChI=1S/C15H37NSi2.C4H12O2Si/c1-8-15-16(17(9-2,10-3)11-4)18(12-5,13-6)14-7;1-3-5-7-6-4-2/h8-15H2,1-7H3;3-4,7H2,1-2H3. The van der Waals surface area contributed by atoms with Gasteiger partial charge in [-0.1, -0.05) is 48.5 Å². The van der Waals surface area contributed by atoms with Gasteiger partial charge >= 0.3 is 10.0 Å². The minimum Gasteiger partial charge on any atom is -0.399 e. The molecule has 0 rings (SSSR count). The van der Waals surface area contributed by atoms with E-state index in [0.717, 1.165) is 13.2 Å². The molecule has 0 saturated carbocycles. The summed E-state index contributed by atoms with van der Waals surface area (Å²) in [6, 6.07) is 8.72. The van der Waals surface area contributed by atoms with Crippen LogP contribution in [0, 0.1) is 0 Å². The molecule has 0 saturated heterocycles. The van der Waals surface area contributed by atoms with Crippen LogP contribution in [0.2, 0.25) is 36.3 Å². The largest absolute Gasteiger partial charge is 0.399 e. The van der Waals surface area contributed by atoms with Crippen molar-refractivity contribution in [2.75, 3.05) is 19.8 Å². The van der Waals surface area contributed by atoms with Crippen molar-refractivity contribution in [3.05, 3.63) is 0 Å². The van der Waals surface area contributed by atoms with Gasteiger partial charge in [-0.05, 0) is 63.1 Å². The minimum absolute atomic E-state index is 0.589. The highest BCUT2D eigenvalue weighted by atomic mass is 28.4. The van der Waals surface area contributed by atoms with Crippen LogP contribution in [-0.2, 0) is 8.85 Å². The lowest BCUT2D eigenvalue weighted by Crippen LogP contribution is -2.65. The van der Waals surface area contributed by atoms with Crippen molar-refractivity contribution < 1.29 is 8.85 Å². The van der Waals surface area contributed by atoms with Crippen LogP contribution in [0.5, 0.6) is 0 Å². The van der Waals surface area contributed by atoms with Crippen LogP contribution in [-0.4, -0.2) is 50.5 Å². The minimum atomic E-state index is -1.17. The van der Waals surface area contributed by atoms with Crippen LogP contribution >= 0.6 is 0 Å². The number of rotatable bonds is 14. The summed E-state index contributed by atoms with van der Waals surface area (Å²) >= 11 is 0. The Morgan fingerprint density at radius 3 is 1.12 bits per heavy atom. The zero-order valence-electron chi connectivity index (χ0n) is 19.0. The predicted octanol–water partition coefficient (Wildman–Crippen LogP) is 5.77. The van der Waals surface area contributed by atoms with Crippen LogP contribution in [0.15, 0.2) is 0 Å². The molecule has 0 aliphatic rings. The second-order valence-corrected chi connectivity index (χ2v) is 18.5. The Kier molecular flexibility index (Phi) is 18.5. The van der Waals surface area contributed by atoms with E-state index in [1.165, 1.54) is 49.2 Å². The molecule has 6 heteroatoms. The van der Waals surface area contributed by atoms with Gasteiger partial charge < -0.3 is 13.1 Å². The summed E-state index contributed by atoms with van der Waals surface area (Å²) in [7, 11) is -2.93. The quantitative estimate of drug-likeness (QED) is 0.269. The Morgan fingerprint density at radius 1 is 0.600 bits per heavy atom. The maximum absolute atomic E-state index is 4.99. The molecular weight excluding hydrogens is 358 g/mol. The van der Waals surface area contributed by atoms with E-state index < -0.39 is 26.5 Å². The van der Waals surface area contributed by atoms with E-state index in [9.17, 15) is 0 Å². The van der Waals surface area contributed by atoms with Crippen molar-refractivity contribution in [1.82, 2.24) is 4.23 Å². The topological polar surface area (TPSA) is 21.7 Å². The van der Waals surface area contributed by atoms with Crippen LogP contribution in [0.25, 0.3) is 0 Å². The number of hydrogen-bond acceptors (Lipinski definition) is 3. The molecule has 0 aromatic rings. The Morgan fingerprint density at radius 2 is 0.920 bits per heavy atom. The fourth-order valence-electron chi connectivity index (χ4n) is 4.07. The van der Waals surface area contributed by atoms with Crippen LogP contribution in [0.1, 0.15) is 68.7 Å². The van der Waals surface area contributed by atoms with Crippen LogP contribution < -0.4 is 0 Å². The van der Waals surface area contributed by atoms with Gasteiger partial charge in [-0.15, -0.1) is 0 Å². The molecule has 25 heavy (non-hydrogen) atoms. The molecule has 0 N–H and O–H groups in total. The van der Waals surface area contributed by atoms with Gasteiger partial charge in [-0.25, -0.2) is 0 Å². The average Bonchev–Trinajstić information content (AvgIpc) is 2.66. The van der Waals surface area contributed by atoms with Crippen molar-refractivity contribution >= 4 is 26.5 Å². The first-order chi connectivity index (χ1) is 12.0. The first-order valence-electron chi connectivity index (χ1n) is 10.9. The molecule has 0 aromatic carbocycles. The van der Waals surface area contributed by atoms with E-state index in [4.69, 9.17) is 8.85 Å². The monoisotopic (exact) mass is 407 g/mol. The molecule has 0 spiro atoms. The van der Waals surface area contributed by atoms with Gasteiger partial charge in [0.25, 0.3) is 0 Å². The molecule has 0 aliphatic heterocycles. The molecule has 0 heterocycles. The first kappa shape index (κ1) is 27.7. The summed E-state index contributed by atoms with van der Waals surface area (Å²) in [5.41, 5.74) is 0. The van der Waals surface area contributed by atoms with E-state index in [1.807, 2.05) is 13.8 Å². The molecule has 0 fully saturated rings. The highest BCUT2D eigenvalue weighted by Gasteiger charge is 2.45. The summed E-state index contributed by atoms with van der Waals surface area (Å²) in [6.45, 7) is 24.1. The van der Waals surface area contributed by atoms with Gasteiger partial charge in [-0.2, -0.15) is 0 Å². The fraction of sp³-hybridized carbons (Fsp3) is 1.00. The van der Waals surface area contributed by atoms with Gasteiger partial charge in [0, 0.05) is 13.2 Å². The van der Waals surface area contributed by atoms with Gasteiger partial charge in [-0.3, -0.25) is 0 Å². The van der Waals surface area contributed by atoms with Gasteiger partial charge in [0.15, 0.2) is 0 Å². The lowest BCUT2D eigenvalue weighted by atomic mass is 10.5. The van der Waals surface area contributed by atoms with Gasteiger partial charge in [0.2, 0.25) is 0 Å². The summed E-state index contributed by atoms with van der Waals surface area (Å²) < 4.78 is 13.1. The molecule has 0 radical (unpaired) electrons. The molecule has 0 aliphatic carbocycles. The Bertz CT molecular complexity index is 245. The number of nitrogens with zero attached hydrogens (tertiary/aromatic N) is 1. The smallest absolute Gasteiger partial charge is 0.304 e. The molecule has 154 valence electrons. The molecule has 0 atom stereocenters. The lowest BCUT2D eigenvalue weighted by molar-refractivity contribution is 0.240. The summed E-state index contributed by atoms with van der Waals surface area (Å²) in [5, 5.41) is 0. The molecule has 0 aromatic heterocycles. The zero-order chi connectivity index (χ0) is 19.8. The maximum Gasteiger partial charge on any atom is 0.304 e. The van der Waals surface area contributed by atoms with E-state index in [0.29, 0.717) is 0 Å². The van der Waals surface area contributed by atoms with Crippen LogP contribution in [0.3, 0.4) is 0 Å². The summed E-state index contributed by atoms with van der Waals surface area (Å²) in [5.74, 6) is 0. The lowest BCUT2D eigenvalue weighted by Gasteiger charge is -2.52. The van der Waals surface area contributed by atoms with Gasteiger partial charge in [0.05, 0.1) is 0 Å². The van der Waals surface area contributed by atoms with Crippen molar-refractivity contribution in [3.63, 3.8) is 0 Å².